The highest BCUT2D eigenvalue weighted by atomic mass is 16.5. The van der Waals surface area contributed by atoms with E-state index in [2.05, 4.69) is 28.8 Å². The van der Waals surface area contributed by atoms with Crippen LogP contribution in [-0.2, 0) is 28.1 Å². The second-order valence-corrected chi connectivity index (χ2v) is 6.98. The number of carbonyl (C=O) groups excluding carboxylic acids is 1. The van der Waals surface area contributed by atoms with Crippen molar-refractivity contribution in [1.82, 2.24) is 9.47 Å². The summed E-state index contributed by atoms with van der Waals surface area (Å²) in [5.74, 6) is 0.184. The van der Waals surface area contributed by atoms with Gasteiger partial charge in [0.25, 0.3) is 0 Å². The maximum Gasteiger partial charge on any atom is 0.222 e. The van der Waals surface area contributed by atoms with Crippen molar-refractivity contribution in [3.05, 3.63) is 35.5 Å². The van der Waals surface area contributed by atoms with Crippen molar-refractivity contribution >= 4 is 16.8 Å². The van der Waals surface area contributed by atoms with E-state index in [9.17, 15) is 4.79 Å². The molecule has 0 spiro atoms. The van der Waals surface area contributed by atoms with E-state index < -0.39 is 0 Å². The lowest BCUT2D eigenvalue weighted by Crippen LogP contribution is -2.41. The zero-order valence-electron chi connectivity index (χ0n) is 14.0. The largest absolute Gasteiger partial charge is 0.368 e. The van der Waals surface area contributed by atoms with Gasteiger partial charge in [-0.25, -0.2) is 0 Å². The van der Waals surface area contributed by atoms with Crippen LogP contribution in [-0.4, -0.2) is 36.1 Å². The van der Waals surface area contributed by atoms with Crippen molar-refractivity contribution in [3.63, 3.8) is 0 Å². The molecule has 0 aliphatic carbocycles. The summed E-state index contributed by atoms with van der Waals surface area (Å²) in [5.41, 5.74) is 3.86. The topological polar surface area (TPSA) is 34.5 Å². The number of amides is 1. The van der Waals surface area contributed by atoms with E-state index in [1.54, 1.807) is 4.90 Å². The van der Waals surface area contributed by atoms with Gasteiger partial charge in [0.15, 0.2) is 0 Å². The number of carbonyl (C=O) groups is 1. The van der Waals surface area contributed by atoms with Crippen LogP contribution in [0.1, 0.15) is 36.9 Å². The third kappa shape index (κ3) is 2.19. The summed E-state index contributed by atoms with van der Waals surface area (Å²) < 4.78 is 8.79. The van der Waals surface area contributed by atoms with Crippen molar-refractivity contribution in [2.24, 2.45) is 0 Å². The van der Waals surface area contributed by atoms with Gasteiger partial charge >= 0.3 is 0 Å². The molecule has 4 nitrogen and oxygen atoms in total. The zero-order valence-corrected chi connectivity index (χ0v) is 14.0. The smallest absolute Gasteiger partial charge is 0.222 e. The van der Waals surface area contributed by atoms with E-state index in [4.69, 9.17) is 4.74 Å². The van der Waals surface area contributed by atoms with Crippen LogP contribution in [0.3, 0.4) is 0 Å². The number of aromatic nitrogens is 1. The fraction of sp³-hybridized carbons (Fsp3) is 0.526. The molecule has 0 saturated carbocycles. The lowest BCUT2D eigenvalue weighted by molar-refractivity contribution is -0.133. The molecule has 3 heterocycles. The molecule has 0 radical (unpaired) electrons. The second-order valence-electron chi connectivity index (χ2n) is 6.98. The first-order chi connectivity index (χ1) is 11.1. The van der Waals surface area contributed by atoms with Crippen molar-refractivity contribution in [3.8, 4) is 0 Å². The third-order valence-electron chi connectivity index (χ3n) is 5.44. The van der Waals surface area contributed by atoms with Gasteiger partial charge < -0.3 is 14.2 Å². The lowest BCUT2D eigenvalue weighted by atomic mass is 9.81. The molecule has 0 bridgehead atoms. The van der Waals surface area contributed by atoms with Gasteiger partial charge in [-0.05, 0) is 37.3 Å². The Morgan fingerprint density at radius 1 is 1.35 bits per heavy atom. The highest BCUT2D eigenvalue weighted by Crippen LogP contribution is 2.47. The van der Waals surface area contributed by atoms with Crippen LogP contribution in [0.2, 0.25) is 0 Å². The van der Waals surface area contributed by atoms with E-state index in [1.165, 1.54) is 22.2 Å². The number of fused-ring (bicyclic) bond motifs is 3. The number of rotatable bonds is 3. The molecule has 2 aliphatic rings. The monoisotopic (exact) mass is 312 g/mol. The number of aryl methyl sites for hydroxylation is 1. The Hall–Kier alpha value is -1.81. The molecule has 0 N–H and O–H groups in total. The number of para-hydroxylation sites is 1. The summed E-state index contributed by atoms with van der Waals surface area (Å²) in [6.45, 7) is 1.82. The van der Waals surface area contributed by atoms with Crippen LogP contribution in [0.5, 0.6) is 0 Å². The molecule has 0 saturated heterocycles. The zero-order chi connectivity index (χ0) is 16.0. The summed E-state index contributed by atoms with van der Waals surface area (Å²) in [7, 11) is 3.65. The minimum Gasteiger partial charge on any atom is -0.368 e. The summed E-state index contributed by atoms with van der Waals surface area (Å²) in [4.78, 5) is 13.8. The van der Waals surface area contributed by atoms with Crippen LogP contribution >= 0.6 is 0 Å². The van der Waals surface area contributed by atoms with E-state index in [-0.39, 0.29) is 11.5 Å². The number of hydrogen-bond acceptors (Lipinski definition) is 2. The Bertz CT molecular complexity index is 713. The van der Waals surface area contributed by atoms with Gasteiger partial charge in [-0.2, -0.15) is 0 Å². The summed E-state index contributed by atoms with van der Waals surface area (Å²) in [5, 5.41) is 1.37. The molecule has 1 aromatic carbocycles. The number of benzene rings is 1. The fourth-order valence-electron chi connectivity index (χ4n) is 4.36. The van der Waals surface area contributed by atoms with Gasteiger partial charge in [-0.3, -0.25) is 4.79 Å². The molecule has 122 valence electrons. The first kappa shape index (κ1) is 14.8. The molecule has 4 rings (SSSR count). The number of nitrogens with zero attached hydrogens (tertiary/aromatic N) is 2. The van der Waals surface area contributed by atoms with Crippen molar-refractivity contribution < 1.29 is 9.53 Å². The van der Waals surface area contributed by atoms with Crippen molar-refractivity contribution in [2.75, 3.05) is 20.7 Å². The van der Waals surface area contributed by atoms with Crippen LogP contribution in [0.15, 0.2) is 24.3 Å². The van der Waals surface area contributed by atoms with Crippen molar-refractivity contribution in [2.45, 2.75) is 44.2 Å². The minimum atomic E-state index is -0.267. The van der Waals surface area contributed by atoms with Gasteiger partial charge in [0.05, 0.1) is 12.3 Å². The van der Waals surface area contributed by atoms with E-state index in [0.717, 1.165) is 38.8 Å². The normalized spacial score (nSPS) is 22.9. The third-order valence-corrected chi connectivity index (χ3v) is 5.44. The van der Waals surface area contributed by atoms with E-state index in [1.807, 2.05) is 14.1 Å². The molecule has 0 fully saturated rings. The molecule has 1 unspecified atom stereocenters. The molecule has 1 amide bonds. The number of ether oxygens (including phenoxy) is 1. The highest BCUT2D eigenvalue weighted by Gasteiger charge is 2.43. The summed E-state index contributed by atoms with van der Waals surface area (Å²) in [6.07, 6.45) is 4.45. The summed E-state index contributed by atoms with van der Waals surface area (Å²) >= 11 is 0. The fourth-order valence-corrected chi connectivity index (χ4v) is 4.36. The highest BCUT2D eigenvalue weighted by molar-refractivity contribution is 5.86. The Labute approximate surface area is 137 Å². The lowest BCUT2D eigenvalue weighted by Gasteiger charge is -2.42. The van der Waals surface area contributed by atoms with Crippen LogP contribution in [0, 0.1) is 0 Å². The molecular formula is C19H24N2O2. The quantitative estimate of drug-likeness (QED) is 0.873. The van der Waals surface area contributed by atoms with Crippen molar-refractivity contribution in [1.29, 1.82) is 0 Å². The maximum atomic E-state index is 12.1. The van der Waals surface area contributed by atoms with Crippen LogP contribution in [0.25, 0.3) is 10.9 Å². The standard InChI is InChI=1S/C19H24N2O2/c1-20(2)17(22)8-11-19-10-5-12-21-16-7-4-3-6-14(16)15(18(19)21)9-13-23-19/h3-4,6-7H,5,8-13H2,1-2H3. The number of hydrogen-bond donors (Lipinski definition) is 0. The maximum absolute atomic E-state index is 12.1. The van der Waals surface area contributed by atoms with Gasteiger partial charge in [0.1, 0.15) is 5.60 Å². The average Bonchev–Trinajstić information content (AvgIpc) is 2.90. The molecule has 2 aromatic rings. The molecule has 2 aliphatic heterocycles. The molecule has 4 heteroatoms. The Morgan fingerprint density at radius 2 is 2.17 bits per heavy atom. The first-order valence-electron chi connectivity index (χ1n) is 8.57. The Morgan fingerprint density at radius 3 is 3.00 bits per heavy atom. The van der Waals surface area contributed by atoms with Gasteiger partial charge in [-0.15, -0.1) is 0 Å². The Kier molecular flexibility index (Phi) is 3.45. The molecular weight excluding hydrogens is 288 g/mol. The van der Waals surface area contributed by atoms with Gasteiger partial charge in [0.2, 0.25) is 5.91 Å². The van der Waals surface area contributed by atoms with E-state index >= 15 is 0 Å². The first-order valence-corrected chi connectivity index (χ1v) is 8.57. The predicted molar refractivity (Wildman–Crippen MR) is 90.4 cm³/mol. The van der Waals surface area contributed by atoms with E-state index in [0.29, 0.717) is 6.42 Å². The summed E-state index contributed by atoms with van der Waals surface area (Å²) in [6, 6.07) is 8.69. The Balaban J connectivity index is 1.80. The van der Waals surface area contributed by atoms with Gasteiger partial charge in [-0.1, -0.05) is 18.2 Å². The average molecular weight is 312 g/mol. The predicted octanol–water partition coefficient (Wildman–Crippen LogP) is 3.07. The SMILES string of the molecule is CN(C)C(=O)CCC12CCCn3c1c(c1ccccc13)CCO2. The second kappa shape index (κ2) is 5.38. The molecule has 23 heavy (non-hydrogen) atoms. The molecule has 1 aromatic heterocycles. The van der Waals surface area contributed by atoms with Crippen LogP contribution in [0.4, 0.5) is 0 Å². The minimum absolute atomic E-state index is 0.184. The molecule has 1 atom stereocenters. The van der Waals surface area contributed by atoms with Gasteiger partial charge in [0, 0.05) is 38.0 Å². The van der Waals surface area contributed by atoms with Crippen LogP contribution < -0.4 is 0 Å².